The van der Waals surface area contributed by atoms with E-state index in [4.69, 9.17) is 0 Å². The van der Waals surface area contributed by atoms with E-state index in [1.807, 2.05) is 6.20 Å². The van der Waals surface area contributed by atoms with E-state index < -0.39 is 0 Å². The van der Waals surface area contributed by atoms with Crippen LogP contribution in [0.1, 0.15) is 0 Å². The summed E-state index contributed by atoms with van der Waals surface area (Å²) in [6.07, 6.45) is 3.99. The standard InChI is InChI=1S/C15H13BrIN3S2/c1-19(2)21-12-5-3-4-10(6-12)14-9-20(22-17)15-13(14)7-11(16)8-18-15/h3-9H,1-2H3. The van der Waals surface area contributed by atoms with Crippen LogP contribution in [-0.2, 0) is 0 Å². The minimum absolute atomic E-state index is 0.989. The number of halogens is 2. The molecule has 3 aromatic rings. The maximum atomic E-state index is 4.55. The lowest BCUT2D eigenvalue weighted by atomic mass is 10.1. The van der Waals surface area contributed by atoms with Gasteiger partial charge < -0.3 is 0 Å². The van der Waals surface area contributed by atoms with E-state index in [1.165, 1.54) is 16.0 Å². The zero-order valence-electron chi connectivity index (χ0n) is 12.0. The van der Waals surface area contributed by atoms with Crippen LogP contribution >= 0.6 is 58.2 Å². The molecule has 0 aliphatic rings. The van der Waals surface area contributed by atoms with Gasteiger partial charge in [-0.1, -0.05) is 12.1 Å². The van der Waals surface area contributed by atoms with Crippen molar-refractivity contribution < 1.29 is 0 Å². The second kappa shape index (κ2) is 7.12. The summed E-state index contributed by atoms with van der Waals surface area (Å²) >= 11 is 7.53. The average molecular weight is 506 g/mol. The van der Waals surface area contributed by atoms with E-state index in [0.717, 1.165) is 15.5 Å². The van der Waals surface area contributed by atoms with E-state index >= 15 is 0 Å². The normalized spacial score (nSPS) is 11.5. The maximum Gasteiger partial charge on any atom is 0.151 e. The van der Waals surface area contributed by atoms with Gasteiger partial charge in [-0.2, -0.15) is 0 Å². The van der Waals surface area contributed by atoms with Crippen molar-refractivity contribution in [2.75, 3.05) is 14.1 Å². The molecule has 3 rings (SSSR count). The summed E-state index contributed by atoms with van der Waals surface area (Å²) in [4.78, 5) is 5.78. The summed E-state index contributed by atoms with van der Waals surface area (Å²) in [5.74, 6) is 0. The fraction of sp³-hybridized carbons (Fsp3) is 0.133. The first-order valence-corrected chi connectivity index (χ1v) is 11.4. The Morgan fingerprint density at radius 1 is 1.27 bits per heavy atom. The first-order chi connectivity index (χ1) is 10.6. The molecule has 0 bridgehead atoms. The van der Waals surface area contributed by atoms with Gasteiger partial charge in [-0.3, -0.25) is 8.28 Å². The van der Waals surface area contributed by atoms with Gasteiger partial charge in [-0.05, 0) is 65.7 Å². The third kappa shape index (κ3) is 3.48. The minimum atomic E-state index is 0.989. The molecule has 0 N–H and O–H groups in total. The number of hydrogen-bond donors (Lipinski definition) is 0. The highest BCUT2D eigenvalue weighted by molar-refractivity contribution is 14.2. The molecule has 2 heterocycles. The van der Waals surface area contributed by atoms with Gasteiger partial charge in [0.25, 0.3) is 0 Å². The zero-order valence-corrected chi connectivity index (χ0v) is 17.3. The van der Waals surface area contributed by atoms with Gasteiger partial charge in [0, 0.05) is 63.0 Å². The number of aromatic nitrogens is 2. The van der Waals surface area contributed by atoms with Gasteiger partial charge in [-0.25, -0.2) is 4.98 Å². The van der Waals surface area contributed by atoms with Gasteiger partial charge >= 0.3 is 0 Å². The van der Waals surface area contributed by atoms with Crippen LogP contribution in [0.25, 0.3) is 22.2 Å². The van der Waals surface area contributed by atoms with E-state index in [9.17, 15) is 0 Å². The molecule has 0 fully saturated rings. The second-order valence-electron chi connectivity index (χ2n) is 4.89. The molecule has 114 valence electrons. The van der Waals surface area contributed by atoms with Crippen molar-refractivity contribution in [3.63, 3.8) is 0 Å². The molecule has 0 radical (unpaired) electrons. The second-order valence-corrected chi connectivity index (χ2v) is 8.91. The Labute approximate surface area is 158 Å². The molecule has 0 aliphatic carbocycles. The summed E-state index contributed by atoms with van der Waals surface area (Å²) < 4.78 is 5.20. The fourth-order valence-electron chi connectivity index (χ4n) is 2.27. The number of benzene rings is 1. The molecule has 0 atom stereocenters. The van der Waals surface area contributed by atoms with Crippen LogP contribution in [0.2, 0.25) is 0 Å². The Balaban J connectivity index is 2.15. The molecule has 3 nitrogen and oxygen atoms in total. The number of rotatable bonds is 4. The highest BCUT2D eigenvalue weighted by Gasteiger charge is 2.13. The third-order valence-corrected chi connectivity index (χ3v) is 6.05. The third-order valence-electron chi connectivity index (χ3n) is 3.09. The zero-order chi connectivity index (χ0) is 15.7. The monoisotopic (exact) mass is 505 g/mol. The molecule has 0 aliphatic heterocycles. The summed E-state index contributed by atoms with van der Waals surface area (Å²) in [6.45, 7) is 0. The van der Waals surface area contributed by atoms with Crippen molar-refractivity contribution in [2.45, 2.75) is 4.90 Å². The van der Waals surface area contributed by atoms with Crippen LogP contribution in [-0.4, -0.2) is 27.4 Å². The lowest BCUT2D eigenvalue weighted by Gasteiger charge is -2.09. The Morgan fingerprint density at radius 3 is 2.82 bits per heavy atom. The van der Waals surface area contributed by atoms with E-state index in [0.29, 0.717) is 0 Å². The van der Waals surface area contributed by atoms with Crippen LogP contribution in [0.15, 0.2) is 52.1 Å². The van der Waals surface area contributed by atoms with Gasteiger partial charge in [0.15, 0.2) is 5.65 Å². The smallest absolute Gasteiger partial charge is 0.151 e. The topological polar surface area (TPSA) is 21.1 Å². The summed E-state index contributed by atoms with van der Waals surface area (Å²) in [6, 6.07) is 10.7. The van der Waals surface area contributed by atoms with Crippen molar-refractivity contribution in [1.29, 1.82) is 0 Å². The summed E-state index contributed by atoms with van der Waals surface area (Å²) in [5.41, 5.74) is 3.40. The lowest BCUT2D eigenvalue weighted by Crippen LogP contribution is -1.98. The maximum absolute atomic E-state index is 4.55. The fourth-order valence-corrected chi connectivity index (χ4v) is 4.60. The van der Waals surface area contributed by atoms with Crippen molar-refractivity contribution in [2.24, 2.45) is 0 Å². The molecule has 22 heavy (non-hydrogen) atoms. The van der Waals surface area contributed by atoms with Crippen molar-refractivity contribution >= 4 is 69.2 Å². The van der Waals surface area contributed by atoms with Crippen LogP contribution in [0.5, 0.6) is 0 Å². The quantitative estimate of drug-likeness (QED) is 0.326. The van der Waals surface area contributed by atoms with E-state index in [2.05, 4.69) is 101 Å². The SMILES string of the molecule is CN(C)Sc1cccc(-c2cn(SI)c3ncc(Br)cc23)c1. The molecule has 1 aromatic carbocycles. The molecule has 2 aromatic heterocycles. The van der Waals surface area contributed by atoms with Crippen molar-refractivity contribution in [3.8, 4) is 11.1 Å². The summed E-state index contributed by atoms with van der Waals surface area (Å²) in [7, 11) is 5.74. The Morgan fingerprint density at radius 2 is 2.09 bits per heavy atom. The highest BCUT2D eigenvalue weighted by Crippen LogP contribution is 2.36. The predicted molar refractivity (Wildman–Crippen MR) is 109 cm³/mol. The Bertz CT molecular complexity index is 820. The van der Waals surface area contributed by atoms with E-state index in [-0.39, 0.29) is 0 Å². The Hall–Kier alpha value is -0.220. The molecule has 0 spiro atoms. The number of hydrogen-bond acceptors (Lipinski definition) is 4. The molecule has 0 unspecified atom stereocenters. The first-order valence-electron chi connectivity index (χ1n) is 6.50. The first kappa shape index (κ1) is 16.6. The van der Waals surface area contributed by atoms with Gasteiger partial charge in [0.1, 0.15) is 0 Å². The molecule has 0 saturated heterocycles. The highest BCUT2D eigenvalue weighted by atomic mass is 127. The van der Waals surface area contributed by atoms with Crippen molar-refractivity contribution in [3.05, 3.63) is 47.2 Å². The molecular weight excluding hydrogens is 493 g/mol. The Kier molecular flexibility index (Phi) is 5.39. The number of fused-ring (bicyclic) bond motifs is 1. The minimum Gasteiger partial charge on any atom is -0.265 e. The lowest BCUT2D eigenvalue weighted by molar-refractivity contribution is 0.703. The van der Waals surface area contributed by atoms with Crippen LogP contribution in [0, 0.1) is 0 Å². The molecule has 0 amide bonds. The van der Waals surface area contributed by atoms with Crippen LogP contribution < -0.4 is 0 Å². The van der Waals surface area contributed by atoms with Gasteiger partial charge in [0.05, 0.1) is 0 Å². The van der Waals surface area contributed by atoms with Gasteiger partial charge in [-0.15, -0.1) is 0 Å². The van der Waals surface area contributed by atoms with Crippen molar-refractivity contribution in [1.82, 2.24) is 13.3 Å². The predicted octanol–water partition coefficient (Wildman–Crippen LogP) is 5.88. The summed E-state index contributed by atoms with van der Waals surface area (Å²) in [5, 5.41) is 1.16. The van der Waals surface area contributed by atoms with Crippen LogP contribution in [0.3, 0.4) is 0 Å². The molecule has 0 saturated carbocycles. The molecular formula is C15H13BrIN3S2. The average Bonchev–Trinajstić information content (AvgIpc) is 2.84. The molecule has 7 heteroatoms. The number of pyridine rings is 1. The largest absolute Gasteiger partial charge is 0.265 e. The van der Waals surface area contributed by atoms with Gasteiger partial charge in [0.2, 0.25) is 0 Å². The number of nitrogens with zero attached hydrogens (tertiary/aromatic N) is 3. The van der Waals surface area contributed by atoms with E-state index in [1.54, 1.807) is 21.1 Å². The van der Waals surface area contributed by atoms with Crippen LogP contribution in [0.4, 0.5) is 0 Å².